The van der Waals surface area contributed by atoms with Gasteiger partial charge in [0.15, 0.2) is 0 Å². The number of benzene rings is 3. The third-order valence-electron chi connectivity index (χ3n) is 4.02. The summed E-state index contributed by atoms with van der Waals surface area (Å²) >= 11 is 6.13. The molecule has 0 spiro atoms. The summed E-state index contributed by atoms with van der Waals surface area (Å²) in [4.78, 5) is 0. The lowest BCUT2D eigenvalue weighted by Gasteiger charge is -2.30. The minimum absolute atomic E-state index is 0.0569. The number of halogens is 1. The van der Waals surface area contributed by atoms with Crippen LogP contribution in [0.4, 0.5) is 11.4 Å². The van der Waals surface area contributed by atoms with E-state index < -0.39 is 0 Å². The topological polar surface area (TPSA) is 24.1 Å². The van der Waals surface area contributed by atoms with Gasteiger partial charge in [-0.15, -0.1) is 0 Å². The molecule has 0 unspecified atom stereocenters. The van der Waals surface area contributed by atoms with Crippen LogP contribution in [0, 0.1) is 6.92 Å². The zero-order valence-corrected chi connectivity index (χ0v) is 12.4. The lowest BCUT2D eigenvalue weighted by molar-refractivity contribution is 0.895. The monoisotopic (exact) mass is 294 g/mol. The quantitative estimate of drug-likeness (QED) is 0.633. The summed E-state index contributed by atoms with van der Waals surface area (Å²) in [6, 6.07) is 18.8. The Morgan fingerprint density at radius 3 is 2.19 bits per heavy atom. The molecule has 0 radical (unpaired) electrons. The van der Waals surface area contributed by atoms with Gasteiger partial charge in [-0.1, -0.05) is 48.0 Å². The van der Waals surface area contributed by atoms with E-state index in [-0.39, 0.29) is 6.17 Å². The van der Waals surface area contributed by atoms with Crippen molar-refractivity contribution in [1.29, 1.82) is 0 Å². The van der Waals surface area contributed by atoms with Crippen molar-refractivity contribution in [3.8, 4) is 0 Å². The van der Waals surface area contributed by atoms with Crippen LogP contribution in [-0.4, -0.2) is 0 Å². The Labute approximate surface area is 128 Å². The van der Waals surface area contributed by atoms with E-state index in [2.05, 4.69) is 59.2 Å². The molecule has 1 aliphatic heterocycles. The van der Waals surface area contributed by atoms with Crippen molar-refractivity contribution in [3.63, 3.8) is 0 Å². The molecule has 104 valence electrons. The van der Waals surface area contributed by atoms with E-state index in [0.717, 1.165) is 10.6 Å². The van der Waals surface area contributed by atoms with Gasteiger partial charge in [-0.25, -0.2) is 0 Å². The second kappa shape index (κ2) is 4.68. The van der Waals surface area contributed by atoms with Gasteiger partial charge in [0.2, 0.25) is 0 Å². The Balaban J connectivity index is 1.81. The van der Waals surface area contributed by atoms with Crippen LogP contribution in [0.15, 0.2) is 54.6 Å². The summed E-state index contributed by atoms with van der Waals surface area (Å²) in [5.74, 6) is 0. The molecule has 1 aliphatic rings. The zero-order valence-electron chi connectivity index (χ0n) is 11.7. The van der Waals surface area contributed by atoms with Crippen molar-refractivity contribution in [3.05, 3.63) is 70.7 Å². The molecule has 0 aromatic heterocycles. The average molecular weight is 295 g/mol. The molecule has 0 atom stereocenters. The first kappa shape index (κ1) is 12.5. The highest BCUT2D eigenvalue weighted by atomic mass is 35.5. The maximum Gasteiger partial charge on any atom is 0.123 e. The molecule has 0 saturated carbocycles. The summed E-state index contributed by atoms with van der Waals surface area (Å²) < 4.78 is 0. The second-order valence-corrected chi connectivity index (χ2v) is 5.85. The highest BCUT2D eigenvalue weighted by Gasteiger charge is 2.20. The van der Waals surface area contributed by atoms with Crippen molar-refractivity contribution < 1.29 is 0 Å². The molecule has 3 heteroatoms. The van der Waals surface area contributed by atoms with Crippen molar-refractivity contribution in [2.45, 2.75) is 13.1 Å². The predicted molar refractivity (Wildman–Crippen MR) is 90.1 cm³/mol. The first-order valence-electron chi connectivity index (χ1n) is 7.03. The van der Waals surface area contributed by atoms with E-state index in [1.165, 1.54) is 27.7 Å². The summed E-state index contributed by atoms with van der Waals surface area (Å²) in [7, 11) is 0. The molecule has 1 heterocycles. The Kier molecular flexibility index (Phi) is 2.79. The third kappa shape index (κ3) is 2.03. The third-order valence-corrected chi connectivity index (χ3v) is 4.44. The fourth-order valence-corrected chi connectivity index (χ4v) is 3.06. The first-order chi connectivity index (χ1) is 10.2. The SMILES string of the molecule is Cc1cc(C2Nc3cccc4cccc(c34)N2)ccc1Cl. The van der Waals surface area contributed by atoms with Gasteiger partial charge in [-0.2, -0.15) is 0 Å². The highest BCUT2D eigenvalue weighted by molar-refractivity contribution is 6.31. The molecule has 0 fully saturated rings. The smallest absolute Gasteiger partial charge is 0.123 e. The van der Waals surface area contributed by atoms with E-state index in [0.29, 0.717) is 0 Å². The maximum absolute atomic E-state index is 6.13. The summed E-state index contributed by atoms with van der Waals surface area (Å²) in [6.45, 7) is 2.03. The molecule has 3 aromatic carbocycles. The van der Waals surface area contributed by atoms with Gasteiger partial charge in [0, 0.05) is 21.8 Å². The largest absolute Gasteiger partial charge is 0.361 e. The molecule has 21 heavy (non-hydrogen) atoms. The minimum Gasteiger partial charge on any atom is -0.361 e. The van der Waals surface area contributed by atoms with Crippen molar-refractivity contribution in [2.75, 3.05) is 10.6 Å². The normalized spacial score (nSPS) is 13.8. The standard InChI is InChI=1S/C18H15ClN2/c1-11-10-13(8-9-14(11)19)18-20-15-6-2-4-12-5-3-7-16(21-18)17(12)15/h2-10,18,20-21H,1H3. The predicted octanol–water partition coefficient (Wildman–Crippen LogP) is 5.34. The Hall–Kier alpha value is -2.19. The fraction of sp³-hybridized carbons (Fsp3) is 0.111. The molecule has 4 rings (SSSR count). The number of hydrogen-bond donors (Lipinski definition) is 2. The van der Waals surface area contributed by atoms with Crippen LogP contribution in [0.3, 0.4) is 0 Å². The van der Waals surface area contributed by atoms with E-state index in [4.69, 9.17) is 11.6 Å². The highest BCUT2D eigenvalue weighted by Crippen LogP contribution is 2.38. The van der Waals surface area contributed by atoms with Gasteiger partial charge in [0.05, 0.1) is 0 Å². The van der Waals surface area contributed by atoms with Gasteiger partial charge >= 0.3 is 0 Å². The van der Waals surface area contributed by atoms with E-state index in [1.54, 1.807) is 0 Å². The Bertz CT molecular complexity index is 801. The number of aryl methyl sites for hydroxylation is 1. The summed E-state index contributed by atoms with van der Waals surface area (Å²) in [6.07, 6.45) is 0.0569. The van der Waals surface area contributed by atoms with Crippen LogP contribution < -0.4 is 10.6 Å². The molecule has 0 aliphatic carbocycles. The summed E-state index contributed by atoms with van der Waals surface area (Å²) in [5, 5.41) is 10.4. The molecular weight excluding hydrogens is 280 g/mol. The Morgan fingerprint density at radius 2 is 1.57 bits per heavy atom. The van der Waals surface area contributed by atoms with Gasteiger partial charge < -0.3 is 10.6 Å². The fourth-order valence-electron chi connectivity index (χ4n) is 2.94. The van der Waals surface area contributed by atoms with Crippen LogP contribution in [0.1, 0.15) is 17.3 Å². The lowest BCUT2D eigenvalue weighted by atomic mass is 10.0. The van der Waals surface area contributed by atoms with Crippen molar-refractivity contribution in [1.82, 2.24) is 0 Å². The average Bonchev–Trinajstić information content (AvgIpc) is 2.50. The molecular formula is C18H15ClN2. The van der Waals surface area contributed by atoms with Crippen LogP contribution >= 0.6 is 11.6 Å². The molecule has 0 saturated heterocycles. The number of rotatable bonds is 1. The molecule has 2 nitrogen and oxygen atoms in total. The van der Waals surface area contributed by atoms with E-state index >= 15 is 0 Å². The van der Waals surface area contributed by atoms with Crippen LogP contribution in [0.25, 0.3) is 10.8 Å². The maximum atomic E-state index is 6.13. The van der Waals surface area contributed by atoms with Crippen LogP contribution in [0.2, 0.25) is 5.02 Å². The van der Waals surface area contributed by atoms with Gasteiger partial charge in [0.25, 0.3) is 0 Å². The van der Waals surface area contributed by atoms with Crippen molar-refractivity contribution >= 4 is 33.7 Å². The minimum atomic E-state index is 0.0569. The molecule has 2 N–H and O–H groups in total. The number of anilines is 2. The zero-order chi connectivity index (χ0) is 14.4. The van der Waals surface area contributed by atoms with Crippen molar-refractivity contribution in [2.24, 2.45) is 0 Å². The van der Waals surface area contributed by atoms with Gasteiger partial charge in [0.1, 0.15) is 6.17 Å². The number of nitrogens with one attached hydrogen (secondary N) is 2. The molecule has 0 bridgehead atoms. The number of hydrogen-bond acceptors (Lipinski definition) is 2. The lowest BCUT2D eigenvalue weighted by Crippen LogP contribution is -2.23. The van der Waals surface area contributed by atoms with Gasteiger partial charge in [-0.05, 0) is 41.6 Å². The van der Waals surface area contributed by atoms with Crippen LogP contribution in [-0.2, 0) is 0 Å². The van der Waals surface area contributed by atoms with E-state index in [1.807, 2.05) is 13.0 Å². The van der Waals surface area contributed by atoms with Crippen LogP contribution in [0.5, 0.6) is 0 Å². The summed E-state index contributed by atoms with van der Waals surface area (Å²) in [5.41, 5.74) is 4.61. The van der Waals surface area contributed by atoms with Gasteiger partial charge in [-0.3, -0.25) is 0 Å². The molecule has 3 aromatic rings. The molecule has 0 amide bonds. The second-order valence-electron chi connectivity index (χ2n) is 5.44. The Morgan fingerprint density at radius 1 is 0.905 bits per heavy atom. The van der Waals surface area contributed by atoms with E-state index in [9.17, 15) is 0 Å². The first-order valence-corrected chi connectivity index (χ1v) is 7.41.